The van der Waals surface area contributed by atoms with Crippen molar-refractivity contribution in [1.29, 1.82) is 0 Å². The monoisotopic (exact) mass is 298 g/mol. The van der Waals surface area contributed by atoms with Gasteiger partial charge in [0.1, 0.15) is 0 Å². The van der Waals surface area contributed by atoms with Crippen molar-refractivity contribution in [1.82, 2.24) is 0 Å². The third kappa shape index (κ3) is 2.64. The minimum atomic E-state index is -1.06. The average molecular weight is 298 g/mol. The van der Waals surface area contributed by atoms with E-state index in [-0.39, 0.29) is 0 Å². The molecule has 0 aliphatic carbocycles. The number of hydrogen-bond donors (Lipinski definition) is 1. The first kappa shape index (κ1) is 14.4. The van der Waals surface area contributed by atoms with Crippen LogP contribution < -0.4 is 9.47 Å². The van der Waals surface area contributed by atoms with E-state index in [9.17, 15) is 9.90 Å². The molecule has 2 unspecified atom stereocenters. The molecule has 2 atom stereocenters. The Labute approximate surface area is 129 Å². The number of aliphatic carboxylic acids is 1. The van der Waals surface area contributed by atoms with Gasteiger partial charge < -0.3 is 14.6 Å². The summed E-state index contributed by atoms with van der Waals surface area (Å²) >= 11 is 0. The van der Waals surface area contributed by atoms with Crippen molar-refractivity contribution >= 4 is 5.97 Å². The molecular formula is C18H18O4. The number of carboxylic acid groups (broad SMARTS) is 1. The van der Waals surface area contributed by atoms with Gasteiger partial charge in [0.2, 0.25) is 6.10 Å². The van der Waals surface area contributed by atoms with E-state index in [1.807, 2.05) is 30.3 Å². The molecule has 4 heteroatoms. The number of fused-ring (bicyclic) bond motifs is 1. The maximum Gasteiger partial charge on any atom is 0.349 e. The number of ether oxygens (including phenoxy) is 2. The summed E-state index contributed by atoms with van der Waals surface area (Å²) in [7, 11) is 0. The summed E-state index contributed by atoms with van der Waals surface area (Å²) in [5.41, 5.74) is 2.00. The molecule has 0 radical (unpaired) electrons. The molecule has 0 saturated carbocycles. The van der Waals surface area contributed by atoms with Crippen molar-refractivity contribution in [3.63, 3.8) is 0 Å². The molecule has 1 aliphatic rings. The zero-order valence-corrected chi connectivity index (χ0v) is 12.5. The molecule has 0 bridgehead atoms. The second kappa shape index (κ2) is 5.72. The number of carbonyl (C=O) groups is 1. The lowest BCUT2D eigenvalue weighted by atomic mass is 9.97. The molecule has 3 rings (SSSR count). The molecule has 0 aromatic heterocycles. The maximum atomic E-state index is 11.5. The lowest BCUT2D eigenvalue weighted by molar-refractivity contribution is -0.151. The molecule has 0 spiro atoms. The normalized spacial score (nSPS) is 20.0. The van der Waals surface area contributed by atoms with Gasteiger partial charge in [-0.2, -0.15) is 0 Å². The van der Waals surface area contributed by atoms with E-state index >= 15 is 0 Å². The number of para-hydroxylation sites is 2. The van der Waals surface area contributed by atoms with Crippen molar-refractivity contribution in [2.75, 3.05) is 0 Å². The Hall–Kier alpha value is -2.49. The summed E-state index contributed by atoms with van der Waals surface area (Å²) in [5, 5.41) is 9.43. The zero-order chi connectivity index (χ0) is 15.7. The van der Waals surface area contributed by atoms with Crippen LogP contribution in [0, 0.1) is 0 Å². The molecule has 0 amide bonds. The minimum absolute atomic E-state index is 0.425. The Balaban J connectivity index is 1.95. The van der Waals surface area contributed by atoms with E-state index in [1.165, 1.54) is 5.56 Å². The minimum Gasteiger partial charge on any atom is -0.478 e. The first-order valence-corrected chi connectivity index (χ1v) is 7.31. The van der Waals surface area contributed by atoms with E-state index in [0.29, 0.717) is 17.4 Å². The molecule has 0 fully saturated rings. The highest BCUT2D eigenvalue weighted by Crippen LogP contribution is 2.39. The Morgan fingerprint density at radius 3 is 2.14 bits per heavy atom. The van der Waals surface area contributed by atoms with Gasteiger partial charge in [-0.05, 0) is 29.2 Å². The van der Waals surface area contributed by atoms with Gasteiger partial charge in [-0.25, -0.2) is 4.79 Å². The largest absolute Gasteiger partial charge is 0.478 e. The van der Waals surface area contributed by atoms with E-state index in [2.05, 4.69) is 13.8 Å². The van der Waals surface area contributed by atoms with Crippen molar-refractivity contribution < 1.29 is 19.4 Å². The summed E-state index contributed by atoms with van der Waals surface area (Å²) in [6.45, 7) is 4.23. The average Bonchev–Trinajstić information content (AvgIpc) is 2.53. The van der Waals surface area contributed by atoms with E-state index in [0.717, 1.165) is 5.56 Å². The lowest BCUT2D eigenvalue weighted by Gasteiger charge is -2.32. The van der Waals surface area contributed by atoms with Crippen molar-refractivity contribution in [3.05, 3.63) is 59.7 Å². The highest BCUT2D eigenvalue weighted by molar-refractivity contribution is 5.75. The molecule has 1 N–H and O–H groups in total. The predicted octanol–water partition coefficient (Wildman–Crippen LogP) is 3.78. The number of benzene rings is 2. The molecule has 2 aromatic rings. The SMILES string of the molecule is CC(C)c1ccc(C2Oc3ccccc3OC2C(=O)O)cc1. The Bertz CT molecular complexity index is 676. The molecule has 0 saturated heterocycles. The van der Waals surface area contributed by atoms with Crippen LogP contribution in [0.5, 0.6) is 11.5 Å². The van der Waals surface area contributed by atoms with Gasteiger partial charge in [0, 0.05) is 0 Å². The van der Waals surface area contributed by atoms with E-state index in [4.69, 9.17) is 9.47 Å². The predicted molar refractivity (Wildman–Crippen MR) is 82.4 cm³/mol. The van der Waals surface area contributed by atoms with Gasteiger partial charge in [-0.1, -0.05) is 50.2 Å². The van der Waals surface area contributed by atoms with Gasteiger partial charge in [-0.15, -0.1) is 0 Å². The second-order valence-corrected chi connectivity index (χ2v) is 5.68. The highest BCUT2D eigenvalue weighted by atomic mass is 16.6. The van der Waals surface area contributed by atoms with Crippen LogP contribution in [0.3, 0.4) is 0 Å². The first-order chi connectivity index (χ1) is 10.6. The summed E-state index contributed by atoms with van der Waals surface area (Å²) in [6.07, 6.45) is -1.71. The standard InChI is InChI=1S/C18H18O4/c1-11(2)12-7-9-13(10-8-12)16-17(18(19)20)22-15-6-4-3-5-14(15)21-16/h3-11,16-17H,1-2H3,(H,19,20). The van der Waals surface area contributed by atoms with Gasteiger partial charge in [0.25, 0.3) is 0 Å². The fraction of sp³-hybridized carbons (Fsp3) is 0.278. The van der Waals surface area contributed by atoms with Crippen molar-refractivity contribution in [2.24, 2.45) is 0 Å². The smallest absolute Gasteiger partial charge is 0.349 e. The lowest BCUT2D eigenvalue weighted by Crippen LogP contribution is -2.39. The van der Waals surface area contributed by atoms with Crippen LogP contribution in [0.1, 0.15) is 37.0 Å². The third-order valence-corrected chi connectivity index (χ3v) is 3.81. The third-order valence-electron chi connectivity index (χ3n) is 3.81. The molecule has 1 heterocycles. The summed E-state index contributed by atoms with van der Waals surface area (Å²) in [5.74, 6) is 0.420. The quantitative estimate of drug-likeness (QED) is 0.937. The molecule has 1 aliphatic heterocycles. The van der Waals surface area contributed by atoms with Crippen LogP contribution in [0.4, 0.5) is 0 Å². The fourth-order valence-corrected chi connectivity index (χ4v) is 2.54. The van der Waals surface area contributed by atoms with Crippen LogP contribution in [0.2, 0.25) is 0 Å². The number of hydrogen-bond acceptors (Lipinski definition) is 3. The summed E-state index contributed by atoms with van der Waals surface area (Å²) < 4.78 is 11.5. The summed E-state index contributed by atoms with van der Waals surface area (Å²) in [4.78, 5) is 11.5. The maximum absolute atomic E-state index is 11.5. The number of carboxylic acids is 1. The van der Waals surface area contributed by atoms with Gasteiger partial charge in [-0.3, -0.25) is 0 Å². The molecule has 22 heavy (non-hydrogen) atoms. The number of rotatable bonds is 3. The van der Waals surface area contributed by atoms with Gasteiger partial charge in [0.05, 0.1) is 0 Å². The van der Waals surface area contributed by atoms with Crippen molar-refractivity contribution in [3.8, 4) is 11.5 Å². The molecule has 2 aromatic carbocycles. The highest BCUT2D eigenvalue weighted by Gasteiger charge is 2.38. The summed E-state index contributed by atoms with van der Waals surface area (Å²) in [6, 6.07) is 14.9. The van der Waals surface area contributed by atoms with E-state index in [1.54, 1.807) is 18.2 Å². The van der Waals surface area contributed by atoms with Crippen LogP contribution in [-0.2, 0) is 4.79 Å². The van der Waals surface area contributed by atoms with Crippen LogP contribution in [-0.4, -0.2) is 17.2 Å². The Morgan fingerprint density at radius 1 is 1.00 bits per heavy atom. The zero-order valence-electron chi connectivity index (χ0n) is 12.5. The van der Waals surface area contributed by atoms with Crippen molar-refractivity contribution in [2.45, 2.75) is 32.0 Å². The molecule has 4 nitrogen and oxygen atoms in total. The van der Waals surface area contributed by atoms with Crippen LogP contribution in [0.25, 0.3) is 0 Å². The first-order valence-electron chi connectivity index (χ1n) is 7.31. The fourth-order valence-electron chi connectivity index (χ4n) is 2.54. The van der Waals surface area contributed by atoms with E-state index < -0.39 is 18.2 Å². The molecular weight excluding hydrogens is 280 g/mol. The second-order valence-electron chi connectivity index (χ2n) is 5.68. The molecule has 114 valence electrons. The Kier molecular flexibility index (Phi) is 3.75. The van der Waals surface area contributed by atoms with Gasteiger partial charge >= 0.3 is 5.97 Å². The van der Waals surface area contributed by atoms with Gasteiger partial charge in [0.15, 0.2) is 17.6 Å². The van der Waals surface area contributed by atoms with Crippen LogP contribution >= 0.6 is 0 Å². The topological polar surface area (TPSA) is 55.8 Å². The van der Waals surface area contributed by atoms with Crippen LogP contribution in [0.15, 0.2) is 48.5 Å². The Morgan fingerprint density at radius 2 is 1.59 bits per heavy atom.